The van der Waals surface area contributed by atoms with Crippen molar-refractivity contribution < 1.29 is 0 Å². The Morgan fingerprint density at radius 1 is 1.20 bits per heavy atom. The van der Waals surface area contributed by atoms with Crippen molar-refractivity contribution in [2.45, 2.75) is 12.1 Å². The van der Waals surface area contributed by atoms with Gasteiger partial charge in [0.15, 0.2) is 5.16 Å². The molecule has 2 heterocycles. The molecule has 0 bridgehead atoms. The number of benzene rings is 1. The minimum Gasteiger partial charge on any atom is -0.237 e. The maximum atomic E-state index is 8.70. The first-order chi connectivity index (χ1) is 9.78. The van der Waals surface area contributed by atoms with E-state index >= 15 is 0 Å². The molecule has 0 aliphatic rings. The summed E-state index contributed by atoms with van der Waals surface area (Å²) in [6, 6.07) is 12.0. The molecule has 2 aromatic heterocycles. The Balaban J connectivity index is 2.20. The zero-order valence-electron chi connectivity index (χ0n) is 10.7. The number of nitrogens with zero attached hydrogens (tertiary/aromatic N) is 4. The van der Waals surface area contributed by atoms with Gasteiger partial charge in [0, 0.05) is 5.56 Å². The summed E-state index contributed by atoms with van der Waals surface area (Å²) in [5, 5.41) is 10.3. The molecular weight excluding hydrogens is 288 g/mol. The third-order valence-electron chi connectivity index (χ3n) is 2.66. The monoisotopic (exact) mass is 298 g/mol. The third-order valence-corrected chi connectivity index (χ3v) is 4.24. The molecule has 0 unspecified atom stereocenters. The van der Waals surface area contributed by atoms with Crippen LogP contribution >= 0.6 is 23.1 Å². The molecule has 4 nitrogen and oxygen atoms in total. The highest BCUT2D eigenvalue weighted by molar-refractivity contribution is 7.99. The van der Waals surface area contributed by atoms with E-state index < -0.39 is 0 Å². The van der Waals surface area contributed by atoms with E-state index in [-0.39, 0.29) is 0 Å². The van der Waals surface area contributed by atoms with Crippen LogP contribution in [0.5, 0.6) is 0 Å². The average Bonchev–Trinajstić information content (AvgIpc) is 2.85. The Bertz CT molecular complexity index is 790. The molecule has 0 aliphatic carbocycles. The number of fused-ring (bicyclic) bond motifs is 1. The first-order valence-corrected chi connectivity index (χ1v) is 7.78. The molecule has 0 saturated carbocycles. The fourth-order valence-corrected chi connectivity index (χ4v) is 3.22. The molecule has 98 valence electrons. The Morgan fingerprint density at radius 3 is 2.75 bits per heavy atom. The summed E-state index contributed by atoms with van der Waals surface area (Å²) in [4.78, 5) is 14.4. The second kappa shape index (κ2) is 5.57. The minimum atomic E-state index is 0.345. The Labute approximate surface area is 124 Å². The summed E-state index contributed by atoms with van der Waals surface area (Å²) in [7, 11) is 0. The molecular formula is C14H10N4S2. The molecule has 0 radical (unpaired) electrons. The van der Waals surface area contributed by atoms with E-state index in [9.17, 15) is 0 Å². The second-order valence-corrected chi connectivity index (χ2v) is 6.18. The standard InChI is InChI=1S/C14H10N4S2/c1-9-16-12-11(10-5-3-2-4-6-10)17-14(19-8-7-15)18-13(12)20-9/h2-6H,8H2,1H3. The molecule has 0 saturated heterocycles. The highest BCUT2D eigenvalue weighted by atomic mass is 32.2. The van der Waals surface area contributed by atoms with Crippen molar-refractivity contribution in [1.82, 2.24) is 15.0 Å². The van der Waals surface area contributed by atoms with Gasteiger partial charge in [-0.25, -0.2) is 15.0 Å². The fourth-order valence-electron chi connectivity index (χ4n) is 1.87. The molecule has 0 atom stereocenters. The summed E-state index contributed by atoms with van der Waals surface area (Å²) in [6.45, 7) is 1.96. The van der Waals surface area contributed by atoms with E-state index in [0.717, 1.165) is 26.6 Å². The van der Waals surface area contributed by atoms with Crippen LogP contribution in [0.3, 0.4) is 0 Å². The molecule has 20 heavy (non-hydrogen) atoms. The van der Waals surface area contributed by atoms with Crippen molar-refractivity contribution in [3.8, 4) is 17.3 Å². The SMILES string of the molecule is Cc1nc2c(-c3ccccc3)nc(SCC#N)nc2s1. The predicted octanol–water partition coefficient (Wildman–Crippen LogP) is 3.68. The van der Waals surface area contributed by atoms with Crippen LogP contribution < -0.4 is 0 Å². The van der Waals surface area contributed by atoms with Crippen LogP contribution in [0.4, 0.5) is 0 Å². The van der Waals surface area contributed by atoms with Gasteiger partial charge in [-0.3, -0.25) is 0 Å². The number of hydrogen-bond acceptors (Lipinski definition) is 6. The van der Waals surface area contributed by atoms with Gasteiger partial charge in [0.25, 0.3) is 0 Å². The molecule has 1 aromatic carbocycles. The maximum Gasteiger partial charge on any atom is 0.190 e. The van der Waals surface area contributed by atoms with Gasteiger partial charge in [-0.1, -0.05) is 53.4 Å². The highest BCUT2D eigenvalue weighted by Crippen LogP contribution is 2.30. The van der Waals surface area contributed by atoms with Gasteiger partial charge in [0.2, 0.25) is 0 Å². The molecule has 0 spiro atoms. The lowest BCUT2D eigenvalue weighted by molar-refractivity contribution is 1.01. The van der Waals surface area contributed by atoms with E-state index in [1.165, 1.54) is 11.8 Å². The highest BCUT2D eigenvalue weighted by Gasteiger charge is 2.13. The summed E-state index contributed by atoms with van der Waals surface area (Å²) in [5.74, 6) is 0.345. The van der Waals surface area contributed by atoms with Crippen molar-refractivity contribution in [2.24, 2.45) is 0 Å². The fraction of sp³-hybridized carbons (Fsp3) is 0.143. The van der Waals surface area contributed by atoms with Crippen LogP contribution in [-0.2, 0) is 0 Å². The number of thiazole rings is 1. The lowest BCUT2D eigenvalue weighted by Crippen LogP contribution is -1.92. The summed E-state index contributed by atoms with van der Waals surface area (Å²) in [6.07, 6.45) is 0. The number of rotatable bonds is 3. The molecule has 0 aliphatic heterocycles. The predicted molar refractivity (Wildman–Crippen MR) is 81.7 cm³/mol. The quantitative estimate of drug-likeness (QED) is 0.545. The van der Waals surface area contributed by atoms with Gasteiger partial charge in [0.05, 0.1) is 16.8 Å². The van der Waals surface area contributed by atoms with Crippen molar-refractivity contribution >= 4 is 33.4 Å². The van der Waals surface area contributed by atoms with E-state index in [1.807, 2.05) is 37.3 Å². The molecule has 0 amide bonds. The van der Waals surface area contributed by atoms with Crippen LogP contribution in [-0.4, -0.2) is 20.7 Å². The second-order valence-electron chi connectivity index (χ2n) is 4.05. The molecule has 0 fully saturated rings. The lowest BCUT2D eigenvalue weighted by Gasteiger charge is -2.03. The van der Waals surface area contributed by atoms with E-state index in [4.69, 9.17) is 5.26 Å². The largest absolute Gasteiger partial charge is 0.237 e. The van der Waals surface area contributed by atoms with Gasteiger partial charge >= 0.3 is 0 Å². The molecule has 3 rings (SSSR count). The number of aromatic nitrogens is 3. The summed E-state index contributed by atoms with van der Waals surface area (Å²) < 4.78 is 0. The zero-order valence-corrected chi connectivity index (χ0v) is 12.3. The van der Waals surface area contributed by atoms with Crippen LogP contribution in [0, 0.1) is 18.3 Å². The average molecular weight is 298 g/mol. The third kappa shape index (κ3) is 2.50. The van der Waals surface area contributed by atoms with E-state index in [1.54, 1.807) is 11.3 Å². The number of nitriles is 1. The van der Waals surface area contributed by atoms with Gasteiger partial charge in [-0.2, -0.15) is 5.26 Å². The molecule has 6 heteroatoms. The summed E-state index contributed by atoms with van der Waals surface area (Å²) >= 11 is 2.90. The first kappa shape index (κ1) is 13.0. The lowest BCUT2D eigenvalue weighted by atomic mass is 10.1. The smallest absolute Gasteiger partial charge is 0.190 e. The summed E-state index contributed by atoms with van der Waals surface area (Å²) in [5.41, 5.74) is 2.68. The van der Waals surface area contributed by atoms with Gasteiger partial charge in [-0.15, -0.1) is 0 Å². The topological polar surface area (TPSA) is 62.5 Å². The Morgan fingerprint density at radius 2 is 2.00 bits per heavy atom. The van der Waals surface area contributed by atoms with Crippen LogP contribution in [0.25, 0.3) is 21.6 Å². The van der Waals surface area contributed by atoms with Crippen LogP contribution in [0.15, 0.2) is 35.5 Å². The van der Waals surface area contributed by atoms with Crippen molar-refractivity contribution in [3.05, 3.63) is 35.3 Å². The van der Waals surface area contributed by atoms with Gasteiger partial charge in [-0.05, 0) is 6.92 Å². The minimum absolute atomic E-state index is 0.345. The van der Waals surface area contributed by atoms with E-state index in [2.05, 4.69) is 21.0 Å². The first-order valence-electron chi connectivity index (χ1n) is 5.98. The number of aryl methyl sites for hydroxylation is 1. The van der Waals surface area contributed by atoms with E-state index in [0.29, 0.717) is 10.9 Å². The van der Waals surface area contributed by atoms with Gasteiger partial charge < -0.3 is 0 Å². The maximum absolute atomic E-state index is 8.70. The zero-order chi connectivity index (χ0) is 13.9. The number of hydrogen-bond donors (Lipinski definition) is 0. The van der Waals surface area contributed by atoms with Crippen molar-refractivity contribution in [2.75, 3.05) is 5.75 Å². The van der Waals surface area contributed by atoms with Crippen molar-refractivity contribution in [1.29, 1.82) is 5.26 Å². The van der Waals surface area contributed by atoms with Crippen LogP contribution in [0.1, 0.15) is 5.01 Å². The Hall–Kier alpha value is -1.97. The normalized spacial score (nSPS) is 10.6. The van der Waals surface area contributed by atoms with Crippen LogP contribution in [0.2, 0.25) is 0 Å². The number of thioether (sulfide) groups is 1. The molecule has 0 N–H and O–H groups in total. The Kier molecular flexibility index (Phi) is 3.63. The molecule has 3 aromatic rings. The van der Waals surface area contributed by atoms with Gasteiger partial charge in [0.1, 0.15) is 16.0 Å². The van der Waals surface area contributed by atoms with Crippen molar-refractivity contribution in [3.63, 3.8) is 0 Å².